The summed E-state index contributed by atoms with van der Waals surface area (Å²) in [6.07, 6.45) is -0.534. The van der Waals surface area contributed by atoms with Gasteiger partial charge in [0.2, 0.25) is 0 Å². The number of aliphatic hydroxyl groups is 1. The summed E-state index contributed by atoms with van der Waals surface area (Å²) in [7, 11) is 3.72. The summed E-state index contributed by atoms with van der Waals surface area (Å²) in [6, 6.07) is 14.1. The van der Waals surface area contributed by atoms with Gasteiger partial charge in [-0.25, -0.2) is 0 Å². The standard InChI is InChI=1S/C23H28ClN3O2/c1-16-23(20-14-19(29-3)8-9-21(20)25(16)2)22(28)15-26-10-12-27(13-11-26)18-6-4-17(24)5-7-18/h4-9,14,22,28H,10-13,15H2,1-3H3/t22-/m1/s1. The van der Waals surface area contributed by atoms with Gasteiger partial charge in [-0.1, -0.05) is 11.6 Å². The highest BCUT2D eigenvalue weighted by atomic mass is 35.5. The van der Waals surface area contributed by atoms with Gasteiger partial charge >= 0.3 is 0 Å². The van der Waals surface area contributed by atoms with Gasteiger partial charge in [0.15, 0.2) is 0 Å². The topological polar surface area (TPSA) is 40.9 Å². The fraction of sp³-hybridized carbons (Fsp3) is 0.391. The third-order valence-electron chi connectivity index (χ3n) is 6.08. The second-order valence-corrected chi connectivity index (χ2v) is 8.16. The van der Waals surface area contributed by atoms with Crippen molar-refractivity contribution < 1.29 is 9.84 Å². The molecule has 1 aromatic heterocycles. The Kier molecular flexibility index (Phi) is 5.72. The number of anilines is 1. The van der Waals surface area contributed by atoms with Crippen molar-refractivity contribution in [2.75, 3.05) is 44.7 Å². The zero-order chi connectivity index (χ0) is 20.5. The second-order valence-electron chi connectivity index (χ2n) is 7.72. The fourth-order valence-electron chi connectivity index (χ4n) is 4.30. The molecule has 0 saturated carbocycles. The molecule has 2 heterocycles. The van der Waals surface area contributed by atoms with E-state index in [-0.39, 0.29) is 0 Å². The third-order valence-corrected chi connectivity index (χ3v) is 6.33. The van der Waals surface area contributed by atoms with E-state index in [2.05, 4.69) is 39.5 Å². The van der Waals surface area contributed by atoms with Gasteiger partial charge in [0.25, 0.3) is 0 Å². The first-order valence-electron chi connectivity index (χ1n) is 10.0. The summed E-state index contributed by atoms with van der Waals surface area (Å²) in [5.41, 5.74) is 4.42. The van der Waals surface area contributed by atoms with Crippen LogP contribution >= 0.6 is 11.6 Å². The second kappa shape index (κ2) is 8.27. The van der Waals surface area contributed by atoms with Gasteiger partial charge in [-0.05, 0) is 49.4 Å². The Morgan fingerprint density at radius 1 is 1.07 bits per heavy atom. The first-order valence-corrected chi connectivity index (χ1v) is 10.4. The zero-order valence-electron chi connectivity index (χ0n) is 17.2. The largest absolute Gasteiger partial charge is 0.497 e. The average Bonchev–Trinajstić information content (AvgIpc) is 2.99. The molecular weight excluding hydrogens is 386 g/mol. The van der Waals surface area contributed by atoms with Crippen LogP contribution in [0.1, 0.15) is 17.4 Å². The minimum Gasteiger partial charge on any atom is -0.497 e. The molecule has 2 aromatic carbocycles. The van der Waals surface area contributed by atoms with Crippen LogP contribution in [0.15, 0.2) is 42.5 Å². The minimum atomic E-state index is -0.534. The number of halogens is 1. The zero-order valence-corrected chi connectivity index (χ0v) is 18.0. The van der Waals surface area contributed by atoms with Crippen molar-refractivity contribution in [1.82, 2.24) is 9.47 Å². The summed E-state index contributed by atoms with van der Waals surface area (Å²) >= 11 is 6.00. The van der Waals surface area contributed by atoms with Crippen LogP contribution in [0.5, 0.6) is 5.75 Å². The van der Waals surface area contributed by atoms with E-state index in [4.69, 9.17) is 16.3 Å². The lowest BCUT2D eigenvalue weighted by molar-refractivity contribution is 0.110. The van der Waals surface area contributed by atoms with Crippen molar-refractivity contribution >= 4 is 28.2 Å². The van der Waals surface area contributed by atoms with Crippen LogP contribution < -0.4 is 9.64 Å². The Morgan fingerprint density at radius 3 is 2.41 bits per heavy atom. The van der Waals surface area contributed by atoms with Crippen LogP contribution in [0.2, 0.25) is 5.02 Å². The van der Waals surface area contributed by atoms with Crippen molar-refractivity contribution in [2.45, 2.75) is 13.0 Å². The number of β-amino-alcohol motifs (C(OH)–C–C–N with tert-alkyl or cyclic N) is 1. The van der Waals surface area contributed by atoms with Crippen LogP contribution in [0.25, 0.3) is 10.9 Å². The summed E-state index contributed by atoms with van der Waals surface area (Å²) in [5.74, 6) is 0.813. The monoisotopic (exact) mass is 413 g/mol. The van der Waals surface area contributed by atoms with E-state index in [1.54, 1.807) is 7.11 Å². The molecule has 0 unspecified atom stereocenters. The van der Waals surface area contributed by atoms with Crippen molar-refractivity contribution in [3.05, 3.63) is 58.7 Å². The van der Waals surface area contributed by atoms with E-state index in [0.29, 0.717) is 6.54 Å². The molecule has 1 aliphatic rings. The molecule has 0 radical (unpaired) electrons. The molecule has 1 atom stereocenters. The van der Waals surface area contributed by atoms with Crippen molar-refractivity contribution in [1.29, 1.82) is 0 Å². The highest BCUT2D eigenvalue weighted by Crippen LogP contribution is 2.33. The molecular formula is C23H28ClN3O2. The molecule has 0 amide bonds. The Bertz CT molecular complexity index is 992. The van der Waals surface area contributed by atoms with Crippen LogP contribution in [-0.2, 0) is 7.05 Å². The van der Waals surface area contributed by atoms with Crippen molar-refractivity contribution in [2.24, 2.45) is 7.05 Å². The Morgan fingerprint density at radius 2 is 1.76 bits per heavy atom. The molecule has 0 aliphatic carbocycles. The first-order chi connectivity index (χ1) is 14.0. The molecule has 29 heavy (non-hydrogen) atoms. The van der Waals surface area contributed by atoms with E-state index < -0.39 is 6.10 Å². The van der Waals surface area contributed by atoms with Crippen LogP contribution in [0.3, 0.4) is 0 Å². The Hall–Kier alpha value is -2.21. The number of aryl methyl sites for hydroxylation is 1. The van der Waals surface area contributed by atoms with E-state index >= 15 is 0 Å². The number of hydrogen-bond donors (Lipinski definition) is 1. The summed E-state index contributed by atoms with van der Waals surface area (Å²) in [4.78, 5) is 4.71. The molecule has 5 nitrogen and oxygen atoms in total. The number of nitrogens with zero attached hydrogens (tertiary/aromatic N) is 3. The Balaban J connectivity index is 1.47. The number of rotatable bonds is 5. The van der Waals surface area contributed by atoms with Gasteiger partial charge in [-0.3, -0.25) is 4.90 Å². The molecule has 1 saturated heterocycles. The molecule has 1 fully saturated rings. The number of fused-ring (bicyclic) bond motifs is 1. The number of benzene rings is 2. The smallest absolute Gasteiger partial charge is 0.119 e. The van der Waals surface area contributed by atoms with Crippen LogP contribution in [0, 0.1) is 6.92 Å². The van der Waals surface area contributed by atoms with E-state index in [1.165, 1.54) is 5.69 Å². The molecule has 1 aliphatic heterocycles. The number of hydrogen-bond acceptors (Lipinski definition) is 4. The van der Waals surface area contributed by atoms with Crippen LogP contribution in [-0.4, -0.2) is 54.4 Å². The highest BCUT2D eigenvalue weighted by Gasteiger charge is 2.24. The van der Waals surface area contributed by atoms with E-state index in [9.17, 15) is 5.11 Å². The number of aliphatic hydroxyl groups excluding tert-OH is 1. The number of methoxy groups -OCH3 is 1. The SMILES string of the molecule is COc1ccc2c(c1)c([C@H](O)CN1CCN(c3ccc(Cl)cc3)CC1)c(C)n2C. The van der Waals surface area contributed by atoms with Crippen molar-refractivity contribution in [3.63, 3.8) is 0 Å². The number of aromatic nitrogens is 1. The molecule has 154 valence electrons. The summed E-state index contributed by atoms with van der Waals surface area (Å²) < 4.78 is 7.55. The predicted octanol–water partition coefficient (Wildman–Crippen LogP) is 4.00. The fourth-order valence-corrected chi connectivity index (χ4v) is 4.43. The maximum absolute atomic E-state index is 11.1. The highest BCUT2D eigenvalue weighted by molar-refractivity contribution is 6.30. The number of ether oxygens (including phenoxy) is 1. The summed E-state index contributed by atoms with van der Waals surface area (Å²) in [6.45, 7) is 6.43. The maximum Gasteiger partial charge on any atom is 0.119 e. The molecule has 1 N–H and O–H groups in total. The van der Waals surface area contributed by atoms with Gasteiger partial charge in [0, 0.05) is 72.6 Å². The van der Waals surface area contributed by atoms with Gasteiger partial charge < -0.3 is 19.3 Å². The maximum atomic E-state index is 11.1. The van der Waals surface area contributed by atoms with Gasteiger partial charge in [0.1, 0.15) is 5.75 Å². The van der Waals surface area contributed by atoms with E-state index in [0.717, 1.165) is 59.1 Å². The lowest BCUT2D eigenvalue weighted by Crippen LogP contribution is -2.47. The van der Waals surface area contributed by atoms with Gasteiger partial charge in [-0.15, -0.1) is 0 Å². The average molecular weight is 414 g/mol. The quantitative estimate of drug-likeness (QED) is 0.686. The minimum absolute atomic E-state index is 0.534. The van der Waals surface area contributed by atoms with Crippen molar-refractivity contribution in [3.8, 4) is 5.75 Å². The molecule has 0 bridgehead atoms. The predicted molar refractivity (Wildman–Crippen MR) is 119 cm³/mol. The lowest BCUT2D eigenvalue weighted by atomic mass is 10.0. The summed E-state index contributed by atoms with van der Waals surface area (Å²) in [5, 5.41) is 12.9. The number of piperazine rings is 1. The normalized spacial score (nSPS) is 16.4. The van der Waals surface area contributed by atoms with Crippen LogP contribution in [0.4, 0.5) is 5.69 Å². The first kappa shape index (κ1) is 20.1. The van der Waals surface area contributed by atoms with Gasteiger partial charge in [-0.2, -0.15) is 0 Å². The lowest BCUT2D eigenvalue weighted by Gasteiger charge is -2.37. The molecule has 6 heteroatoms. The molecule has 4 rings (SSSR count). The molecule has 0 spiro atoms. The van der Waals surface area contributed by atoms with Gasteiger partial charge in [0.05, 0.1) is 13.2 Å². The van der Waals surface area contributed by atoms with E-state index in [1.807, 2.05) is 31.3 Å². The molecule has 3 aromatic rings. The third kappa shape index (κ3) is 3.95. The Labute approximate surface area is 177 Å².